The van der Waals surface area contributed by atoms with Gasteiger partial charge >= 0.3 is 6.03 Å². The van der Waals surface area contributed by atoms with Crippen molar-refractivity contribution in [2.45, 2.75) is 13.3 Å². The van der Waals surface area contributed by atoms with Crippen molar-refractivity contribution in [3.05, 3.63) is 76.3 Å². The number of ether oxygens (including phenoxy) is 1. The average molecular weight is 455 g/mol. The maximum atomic E-state index is 13.0. The van der Waals surface area contributed by atoms with Gasteiger partial charge in [-0.1, -0.05) is 43.8 Å². The van der Waals surface area contributed by atoms with E-state index < -0.39 is 17.8 Å². The molecule has 29 heavy (non-hydrogen) atoms. The number of anilines is 1. The number of aryl methyl sites for hydroxylation is 1. The summed E-state index contributed by atoms with van der Waals surface area (Å²) in [5.74, 6) is -0.781. The van der Waals surface area contributed by atoms with Crippen molar-refractivity contribution in [1.29, 1.82) is 0 Å². The van der Waals surface area contributed by atoms with Crippen molar-refractivity contribution in [2.75, 3.05) is 11.5 Å². The van der Waals surface area contributed by atoms with E-state index in [9.17, 15) is 14.4 Å². The minimum absolute atomic E-state index is 0.123. The fraction of sp³-hybridized carbons (Fsp3) is 0.136. The Morgan fingerprint density at radius 2 is 1.93 bits per heavy atom. The van der Waals surface area contributed by atoms with E-state index in [1.54, 1.807) is 36.4 Å². The number of urea groups is 1. The van der Waals surface area contributed by atoms with Gasteiger partial charge in [0.25, 0.3) is 11.8 Å². The number of carbonyl (C=O) groups excluding carboxylic acids is 3. The highest BCUT2D eigenvalue weighted by Crippen LogP contribution is 2.29. The maximum Gasteiger partial charge on any atom is 0.335 e. The van der Waals surface area contributed by atoms with Gasteiger partial charge < -0.3 is 4.74 Å². The van der Waals surface area contributed by atoms with Crippen LogP contribution in [0.5, 0.6) is 5.75 Å². The number of hydrogen-bond donors (Lipinski definition) is 1. The van der Waals surface area contributed by atoms with Gasteiger partial charge in [-0.3, -0.25) is 14.9 Å². The zero-order valence-corrected chi connectivity index (χ0v) is 17.4. The van der Waals surface area contributed by atoms with Gasteiger partial charge in [0, 0.05) is 0 Å². The van der Waals surface area contributed by atoms with E-state index in [-0.39, 0.29) is 5.57 Å². The normalized spacial score (nSPS) is 15.4. The number of hydrogen-bond acceptors (Lipinski definition) is 4. The highest BCUT2D eigenvalue weighted by atomic mass is 79.9. The van der Waals surface area contributed by atoms with Gasteiger partial charge in [-0.05, 0) is 57.8 Å². The van der Waals surface area contributed by atoms with Crippen LogP contribution >= 0.6 is 15.9 Å². The predicted molar refractivity (Wildman–Crippen MR) is 115 cm³/mol. The standard InChI is InChI=1S/C22H19BrN2O4/c1-3-11-29-19-10-9-14(13-17(19)23)12-16-20(26)24-22(28)25(21(16)27)18-8-6-5-7-15(18)4-2/h3,5-10,12-13H,1,4,11H2,2H3,(H,24,26,28)/b16-12-. The topological polar surface area (TPSA) is 75.7 Å². The summed E-state index contributed by atoms with van der Waals surface area (Å²) < 4.78 is 6.17. The second-order valence-corrected chi connectivity index (χ2v) is 7.08. The van der Waals surface area contributed by atoms with Crippen LogP contribution in [0.15, 0.2) is 65.2 Å². The van der Waals surface area contributed by atoms with Gasteiger partial charge in [-0.25, -0.2) is 9.69 Å². The number of rotatable bonds is 6. The number of para-hydroxylation sites is 1. The van der Waals surface area contributed by atoms with Gasteiger partial charge in [-0.15, -0.1) is 0 Å². The third-order valence-electron chi connectivity index (χ3n) is 4.34. The summed E-state index contributed by atoms with van der Waals surface area (Å²) in [6, 6.07) is 11.5. The van der Waals surface area contributed by atoms with Crippen LogP contribution in [0.2, 0.25) is 0 Å². The first kappa shape index (κ1) is 20.5. The molecule has 1 fully saturated rings. The zero-order valence-electron chi connectivity index (χ0n) is 15.8. The minimum Gasteiger partial charge on any atom is -0.488 e. The molecule has 1 N–H and O–H groups in total. The molecule has 0 aliphatic carbocycles. The van der Waals surface area contributed by atoms with E-state index in [1.165, 1.54) is 6.08 Å². The summed E-state index contributed by atoms with van der Waals surface area (Å²) in [6.07, 6.45) is 3.72. The molecule has 1 heterocycles. The van der Waals surface area contributed by atoms with Crippen molar-refractivity contribution < 1.29 is 19.1 Å². The molecule has 1 aliphatic heterocycles. The molecular weight excluding hydrogens is 436 g/mol. The molecule has 0 spiro atoms. The number of imide groups is 2. The maximum absolute atomic E-state index is 13.0. The monoisotopic (exact) mass is 454 g/mol. The molecule has 7 heteroatoms. The van der Waals surface area contributed by atoms with Gasteiger partial charge in [0.15, 0.2) is 0 Å². The second-order valence-electron chi connectivity index (χ2n) is 6.23. The molecule has 0 bridgehead atoms. The lowest BCUT2D eigenvalue weighted by atomic mass is 10.0. The smallest absolute Gasteiger partial charge is 0.335 e. The molecule has 2 aromatic carbocycles. The van der Waals surface area contributed by atoms with Crippen LogP contribution in [0, 0.1) is 0 Å². The van der Waals surface area contributed by atoms with E-state index in [4.69, 9.17) is 4.74 Å². The van der Waals surface area contributed by atoms with Crippen LogP contribution in [0.4, 0.5) is 10.5 Å². The van der Waals surface area contributed by atoms with Gasteiger partial charge in [0.1, 0.15) is 17.9 Å². The molecule has 0 radical (unpaired) electrons. The van der Waals surface area contributed by atoms with Crippen LogP contribution in [-0.2, 0) is 16.0 Å². The van der Waals surface area contributed by atoms with E-state index in [1.807, 2.05) is 19.1 Å². The minimum atomic E-state index is -0.757. The molecule has 0 saturated carbocycles. The third-order valence-corrected chi connectivity index (χ3v) is 4.96. The molecule has 0 atom stereocenters. The molecule has 0 unspecified atom stereocenters. The van der Waals surface area contributed by atoms with E-state index in [0.717, 1.165) is 10.5 Å². The Kier molecular flexibility index (Phi) is 6.29. The lowest BCUT2D eigenvalue weighted by Gasteiger charge is -2.28. The number of nitrogens with zero attached hydrogens (tertiary/aromatic N) is 1. The van der Waals surface area contributed by atoms with E-state index in [0.29, 0.717) is 34.5 Å². The quantitative estimate of drug-likeness (QED) is 0.402. The SMILES string of the molecule is C=CCOc1ccc(/C=C2/C(=O)NC(=O)N(c3ccccc3CC)C2=O)cc1Br. The molecule has 148 valence electrons. The lowest BCUT2D eigenvalue weighted by molar-refractivity contribution is -0.122. The zero-order chi connectivity index (χ0) is 21.0. The number of barbiturate groups is 1. The van der Waals surface area contributed by atoms with Crippen LogP contribution in [-0.4, -0.2) is 24.5 Å². The summed E-state index contributed by atoms with van der Waals surface area (Å²) >= 11 is 3.41. The summed E-state index contributed by atoms with van der Waals surface area (Å²) in [5.41, 5.74) is 1.78. The Hall–Kier alpha value is -3.19. The van der Waals surface area contributed by atoms with Crippen molar-refractivity contribution in [3.8, 4) is 5.75 Å². The Morgan fingerprint density at radius 1 is 1.17 bits per heavy atom. The van der Waals surface area contributed by atoms with E-state index in [2.05, 4.69) is 27.8 Å². The van der Waals surface area contributed by atoms with E-state index >= 15 is 0 Å². The molecule has 3 rings (SSSR count). The number of amides is 4. The first-order valence-electron chi connectivity index (χ1n) is 8.98. The van der Waals surface area contributed by atoms with Crippen molar-refractivity contribution in [2.24, 2.45) is 0 Å². The van der Waals surface area contributed by atoms with Crippen LogP contribution in [0.25, 0.3) is 6.08 Å². The first-order chi connectivity index (χ1) is 14.0. The Labute approximate surface area is 177 Å². The van der Waals surface area contributed by atoms with Crippen molar-refractivity contribution >= 4 is 45.5 Å². The fourth-order valence-electron chi connectivity index (χ4n) is 2.94. The largest absolute Gasteiger partial charge is 0.488 e. The number of halogens is 1. The predicted octanol–water partition coefficient (Wildman–Crippen LogP) is 4.24. The molecule has 1 aliphatic rings. The highest BCUT2D eigenvalue weighted by molar-refractivity contribution is 9.10. The van der Waals surface area contributed by atoms with Crippen LogP contribution in [0.1, 0.15) is 18.1 Å². The number of nitrogens with one attached hydrogen (secondary N) is 1. The molecule has 0 aromatic heterocycles. The second kappa shape index (κ2) is 8.87. The van der Waals surface area contributed by atoms with Crippen LogP contribution < -0.4 is 15.0 Å². The summed E-state index contributed by atoms with van der Waals surface area (Å²) in [4.78, 5) is 38.8. The highest BCUT2D eigenvalue weighted by Gasteiger charge is 2.37. The first-order valence-corrected chi connectivity index (χ1v) is 9.78. The van der Waals surface area contributed by atoms with Gasteiger partial charge in [0.05, 0.1) is 10.2 Å². The molecule has 1 saturated heterocycles. The molecule has 2 aromatic rings. The van der Waals surface area contributed by atoms with Gasteiger partial charge in [-0.2, -0.15) is 0 Å². The Bertz CT molecular complexity index is 1030. The average Bonchev–Trinajstić information content (AvgIpc) is 2.70. The fourth-order valence-corrected chi connectivity index (χ4v) is 3.45. The third kappa shape index (κ3) is 4.30. The van der Waals surface area contributed by atoms with Crippen molar-refractivity contribution in [1.82, 2.24) is 5.32 Å². The summed E-state index contributed by atoms with van der Waals surface area (Å²) in [6.45, 7) is 5.89. The Balaban J connectivity index is 1.97. The lowest BCUT2D eigenvalue weighted by Crippen LogP contribution is -2.54. The Morgan fingerprint density at radius 3 is 2.62 bits per heavy atom. The van der Waals surface area contributed by atoms with Crippen molar-refractivity contribution in [3.63, 3.8) is 0 Å². The molecule has 6 nitrogen and oxygen atoms in total. The summed E-state index contributed by atoms with van der Waals surface area (Å²) in [7, 11) is 0. The number of benzene rings is 2. The summed E-state index contributed by atoms with van der Waals surface area (Å²) in [5, 5.41) is 2.25. The van der Waals surface area contributed by atoms with Gasteiger partial charge in [0.2, 0.25) is 0 Å². The van der Waals surface area contributed by atoms with Crippen LogP contribution in [0.3, 0.4) is 0 Å². The number of carbonyl (C=O) groups is 3. The molecule has 4 amide bonds. The molecular formula is C22H19BrN2O4.